The number of halogens is 2. The molecular formula is C20H32F2N4O3. The first kappa shape index (κ1) is 20.8. The lowest BCUT2D eigenvalue weighted by Gasteiger charge is -2.52. The number of carboxylic acid groups (broad SMARTS) is 1. The molecular weight excluding hydrogens is 382 g/mol. The first-order chi connectivity index (χ1) is 13.6. The molecule has 0 aromatic rings. The van der Waals surface area contributed by atoms with Gasteiger partial charge < -0.3 is 19.8 Å². The van der Waals surface area contributed by atoms with Crippen LogP contribution in [0.2, 0.25) is 0 Å². The molecule has 0 radical (unpaired) electrons. The predicted octanol–water partition coefficient (Wildman–Crippen LogP) is 1.78. The quantitative estimate of drug-likeness (QED) is 0.763. The molecule has 4 rings (SSSR count). The minimum Gasteiger partial charge on any atom is -0.465 e. The molecule has 29 heavy (non-hydrogen) atoms. The van der Waals surface area contributed by atoms with Gasteiger partial charge in [-0.05, 0) is 50.6 Å². The van der Waals surface area contributed by atoms with Crippen molar-refractivity contribution < 1.29 is 23.5 Å². The number of likely N-dealkylation sites (tertiary alicyclic amines) is 3. The van der Waals surface area contributed by atoms with E-state index in [0.29, 0.717) is 19.1 Å². The minimum atomic E-state index is -2.80. The highest BCUT2D eigenvalue weighted by atomic mass is 19.3. The lowest BCUT2D eigenvalue weighted by molar-refractivity contribution is -0.134. The molecule has 1 saturated carbocycles. The Labute approximate surface area is 170 Å². The average molecular weight is 414 g/mol. The zero-order valence-electron chi connectivity index (χ0n) is 17.3. The molecule has 1 spiro atoms. The number of nitrogens with zero attached hydrogens (tertiary/aromatic N) is 4. The first-order valence-corrected chi connectivity index (χ1v) is 10.7. The maximum atomic E-state index is 14.1. The van der Waals surface area contributed by atoms with Crippen LogP contribution in [0.25, 0.3) is 0 Å². The molecule has 3 saturated heterocycles. The smallest absolute Gasteiger partial charge is 0.407 e. The summed E-state index contributed by atoms with van der Waals surface area (Å²) in [5, 5.41) is 9.17. The number of piperidine rings is 1. The monoisotopic (exact) mass is 414 g/mol. The maximum Gasteiger partial charge on any atom is 0.407 e. The van der Waals surface area contributed by atoms with Gasteiger partial charge in [0.15, 0.2) is 0 Å². The summed E-state index contributed by atoms with van der Waals surface area (Å²) in [6.07, 6.45) is 3.42. The molecule has 0 aromatic carbocycles. The molecule has 3 heterocycles. The zero-order chi connectivity index (χ0) is 21.0. The Balaban J connectivity index is 1.30. The van der Waals surface area contributed by atoms with Crippen LogP contribution in [0.4, 0.5) is 13.6 Å². The van der Waals surface area contributed by atoms with Crippen LogP contribution in [0.15, 0.2) is 0 Å². The van der Waals surface area contributed by atoms with E-state index in [-0.39, 0.29) is 30.3 Å². The second-order valence-electron chi connectivity index (χ2n) is 9.76. The third-order valence-corrected chi connectivity index (χ3v) is 7.56. The Morgan fingerprint density at radius 3 is 2.21 bits per heavy atom. The maximum absolute atomic E-state index is 14.1. The molecule has 0 aromatic heterocycles. The van der Waals surface area contributed by atoms with E-state index in [1.807, 2.05) is 0 Å². The van der Waals surface area contributed by atoms with Crippen LogP contribution in [0.3, 0.4) is 0 Å². The highest BCUT2D eigenvalue weighted by molar-refractivity contribution is 5.82. The Morgan fingerprint density at radius 2 is 1.66 bits per heavy atom. The largest absolute Gasteiger partial charge is 0.465 e. The van der Waals surface area contributed by atoms with E-state index in [0.717, 1.165) is 45.2 Å². The summed E-state index contributed by atoms with van der Waals surface area (Å²) in [6, 6.07) is -0.218. The Kier molecular flexibility index (Phi) is 5.26. The number of likely N-dealkylation sites (N-methyl/N-ethyl adjacent to an activating group) is 1. The molecule has 2 amide bonds. The number of amides is 2. The van der Waals surface area contributed by atoms with E-state index in [9.17, 15) is 23.5 Å². The summed E-state index contributed by atoms with van der Waals surface area (Å²) < 4.78 is 28.2. The van der Waals surface area contributed by atoms with E-state index in [2.05, 4.69) is 4.90 Å². The van der Waals surface area contributed by atoms with E-state index >= 15 is 0 Å². The fraction of sp³-hybridized carbons (Fsp3) is 0.900. The molecule has 164 valence electrons. The highest BCUT2D eigenvalue weighted by Gasteiger charge is 2.53. The van der Waals surface area contributed by atoms with Gasteiger partial charge in [-0.3, -0.25) is 9.69 Å². The van der Waals surface area contributed by atoms with Gasteiger partial charge in [-0.25, -0.2) is 13.6 Å². The van der Waals surface area contributed by atoms with Gasteiger partial charge >= 0.3 is 6.09 Å². The second kappa shape index (κ2) is 7.34. The van der Waals surface area contributed by atoms with Crippen LogP contribution in [0, 0.1) is 5.41 Å². The molecule has 0 bridgehead atoms. The van der Waals surface area contributed by atoms with Crippen LogP contribution in [0.1, 0.15) is 38.5 Å². The number of alkyl halides is 2. The van der Waals surface area contributed by atoms with Gasteiger partial charge in [-0.2, -0.15) is 0 Å². The average Bonchev–Trinajstić information content (AvgIpc) is 3.21. The lowest BCUT2D eigenvalue weighted by Crippen LogP contribution is -2.57. The molecule has 7 nitrogen and oxygen atoms in total. The van der Waals surface area contributed by atoms with Gasteiger partial charge in [0.25, 0.3) is 5.92 Å². The van der Waals surface area contributed by atoms with E-state index in [1.165, 1.54) is 9.80 Å². The predicted molar refractivity (Wildman–Crippen MR) is 103 cm³/mol. The van der Waals surface area contributed by atoms with Crippen molar-refractivity contribution in [1.82, 2.24) is 19.6 Å². The first-order valence-electron chi connectivity index (χ1n) is 10.7. The van der Waals surface area contributed by atoms with E-state index in [4.69, 9.17) is 0 Å². The van der Waals surface area contributed by atoms with Crippen molar-refractivity contribution in [3.05, 3.63) is 0 Å². The Bertz CT molecular complexity index is 660. The lowest BCUT2D eigenvalue weighted by atomic mass is 9.64. The molecule has 3 aliphatic heterocycles. The third kappa shape index (κ3) is 3.95. The van der Waals surface area contributed by atoms with Crippen molar-refractivity contribution in [2.45, 2.75) is 62.6 Å². The van der Waals surface area contributed by atoms with Crippen LogP contribution in [-0.4, -0.2) is 108 Å². The minimum absolute atomic E-state index is 0.0246. The number of hydrogen-bond donors (Lipinski definition) is 1. The number of carbonyl (C=O) groups is 2. The topological polar surface area (TPSA) is 67.3 Å². The van der Waals surface area contributed by atoms with Crippen molar-refractivity contribution in [2.24, 2.45) is 5.41 Å². The van der Waals surface area contributed by atoms with Crippen molar-refractivity contribution in [3.63, 3.8) is 0 Å². The molecule has 9 heteroatoms. The Hall–Kier alpha value is -1.48. The molecule has 0 unspecified atom stereocenters. The fourth-order valence-electron chi connectivity index (χ4n) is 5.97. The van der Waals surface area contributed by atoms with Crippen molar-refractivity contribution in [3.8, 4) is 0 Å². The van der Waals surface area contributed by atoms with Crippen molar-refractivity contribution >= 4 is 12.0 Å². The van der Waals surface area contributed by atoms with Crippen LogP contribution in [0.5, 0.6) is 0 Å². The summed E-state index contributed by atoms with van der Waals surface area (Å²) in [5.41, 5.74) is 0.153. The van der Waals surface area contributed by atoms with Gasteiger partial charge in [0.2, 0.25) is 5.91 Å². The molecule has 1 atom stereocenters. The highest BCUT2D eigenvalue weighted by Crippen LogP contribution is 2.50. The molecule has 1 N–H and O–H groups in total. The van der Waals surface area contributed by atoms with Gasteiger partial charge in [-0.1, -0.05) is 0 Å². The fourth-order valence-corrected chi connectivity index (χ4v) is 5.97. The Morgan fingerprint density at radius 1 is 1.00 bits per heavy atom. The molecule has 4 aliphatic rings. The van der Waals surface area contributed by atoms with Gasteiger partial charge in [0.1, 0.15) is 0 Å². The van der Waals surface area contributed by atoms with E-state index in [1.54, 1.807) is 19.0 Å². The zero-order valence-corrected chi connectivity index (χ0v) is 17.3. The van der Waals surface area contributed by atoms with Gasteiger partial charge in [0, 0.05) is 45.7 Å². The number of rotatable bonds is 3. The van der Waals surface area contributed by atoms with Crippen molar-refractivity contribution in [2.75, 3.05) is 46.8 Å². The summed E-state index contributed by atoms with van der Waals surface area (Å²) in [6.45, 7) is 2.68. The molecule has 4 fully saturated rings. The normalized spacial score (nSPS) is 35.8. The third-order valence-electron chi connectivity index (χ3n) is 7.56. The summed E-state index contributed by atoms with van der Waals surface area (Å²) in [7, 11) is 3.25. The standard InChI is InChI=1S/C20H32F2N4O3/c1-23(2)17(27)16-11-20(21,22)13-26(16)14-3-6-24(7-4-14)15-9-19(10-15)5-8-25(12-19)18(28)29/h14-16H,3-13H2,1-2H3,(H,28,29)/t15?,16-,19?/m0/s1. The van der Waals surface area contributed by atoms with Crippen LogP contribution in [-0.2, 0) is 4.79 Å². The summed E-state index contributed by atoms with van der Waals surface area (Å²) in [4.78, 5) is 30.7. The number of carbonyl (C=O) groups excluding carboxylic acids is 1. The summed E-state index contributed by atoms with van der Waals surface area (Å²) >= 11 is 0. The van der Waals surface area contributed by atoms with E-state index < -0.39 is 18.1 Å². The van der Waals surface area contributed by atoms with Crippen LogP contribution >= 0.6 is 0 Å². The molecule has 1 aliphatic carbocycles. The second-order valence-corrected chi connectivity index (χ2v) is 9.76. The van der Waals surface area contributed by atoms with Crippen molar-refractivity contribution in [1.29, 1.82) is 0 Å². The van der Waals surface area contributed by atoms with Crippen LogP contribution < -0.4 is 0 Å². The van der Waals surface area contributed by atoms with Gasteiger partial charge in [-0.15, -0.1) is 0 Å². The number of hydrogen-bond acceptors (Lipinski definition) is 4. The van der Waals surface area contributed by atoms with Gasteiger partial charge in [0.05, 0.1) is 12.6 Å². The SMILES string of the molecule is CN(C)C(=O)[C@@H]1CC(F)(F)CN1C1CCN(C2CC3(CCN(C(=O)O)C3)C2)CC1. The summed E-state index contributed by atoms with van der Waals surface area (Å²) in [5.74, 6) is -3.03.